The van der Waals surface area contributed by atoms with Gasteiger partial charge < -0.3 is 35.1 Å². The Bertz CT molecular complexity index is 1710. The van der Waals surface area contributed by atoms with E-state index in [0.29, 0.717) is 91.9 Å². The minimum absolute atomic E-state index is 0.196. The Morgan fingerprint density at radius 3 is 1.22 bits per heavy atom. The van der Waals surface area contributed by atoms with Crippen molar-refractivity contribution in [3.8, 4) is 6.07 Å². The van der Waals surface area contributed by atoms with Gasteiger partial charge in [0.05, 0.1) is 6.07 Å². The summed E-state index contributed by atoms with van der Waals surface area (Å²) in [5.74, 6) is 6.74. The van der Waals surface area contributed by atoms with Gasteiger partial charge in [0.25, 0.3) is 0 Å². The van der Waals surface area contributed by atoms with Gasteiger partial charge >= 0.3 is 0 Å². The summed E-state index contributed by atoms with van der Waals surface area (Å²) in [5, 5.41) is 8.07. The van der Waals surface area contributed by atoms with Crippen molar-refractivity contribution in [2.24, 2.45) is 59.0 Å². The van der Waals surface area contributed by atoms with Gasteiger partial charge in [-0.2, -0.15) is 5.26 Å². The molecule has 1 heterocycles. The highest BCUT2D eigenvalue weighted by Crippen LogP contribution is 2.23. The summed E-state index contributed by atoms with van der Waals surface area (Å²) in [5.41, 5.74) is 6.15. The molecule has 1 aliphatic heterocycles. The van der Waals surface area contributed by atoms with Crippen molar-refractivity contribution in [2.45, 2.75) is 285 Å². The Morgan fingerprint density at radius 2 is 0.872 bits per heavy atom. The van der Waals surface area contributed by atoms with Crippen LogP contribution in [0.5, 0.6) is 0 Å². The second-order valence-corrected chi connectivity index (χ2v) is 28.3. The summed E-state index contributed by atoms with van der Waals surface area (Å²) in [4.78, 5) is 78.4. The molecule has 0 aromatic heterocycles. The van der Waals surface area contributed by atoms with Crippen LogP contribution < -0.4 is 5.73 Å². The van der Waals surface area contributed by atoms with Crippen LogP contribution in [0.4, 0.5) is 0 Å². The first kappa shape index (κ1) is 93.0. The van der Waals surface area contributed by atoms with Gasteiger partial charge in [-0.05, 0) is 137 Å². The smallest absolute Gasteiger partial charge is 0.222 e. The third-order valence-corrected chi connectivity index (χ3v) is 14.2. The molecule has 14 nitrogen and oxygen atoms in total. The molecule has 2 rings (SSSR count). The fraction of sp³-hybridized carbons (Fsp3) is 0.875. The van der Waals surface area contributed by atoms with Gasteiger partial charge in [0.15, 0.2) is 0 Å². The number of nitrogens with two attached hydrogens (primary N) is 1. The van der Waals surface area contributed by atoms with Gasteiger partial charge in [-0.25, -0.2) is 0 Å². The molecule has 1 saturated carbocycles. The van der Waals surface area contributed by atoms with Gasteiger partial charge in [-0.15, -0.1) is 0 Å². The predicted octanol–water partition coefficient (Wildman–Crippen LogP) is 16.6. The van der Waals surface area contributed by atoms with Crippen LogP contribution in [0, 0.1) is 64.6 Å². The third kappa shape index (κ3) is 70.6. The van der Waals surface area contributed by atoms with Crippen molar-refractivity contribution >= 4 is 35.4 Å². The Kier molecular flexibility index (Phi) is 64.7. The maximum Gasteiger partial charge on any atom is 0.222 e. The number of piperidine rings is 1. The average Bonchev–Trinajstić information content (AvgIpc) is 3.60. The molecule has 2 fully saturated rings. The van der Waals surface area contributed by atoms with Gasteiger partial charge in [0, 0.05) is 132 Å². The molecule has 0 aromatic rings. The minimum atomic E-state index is -0.196. The van der Waals surface area contributed by atoms with Crippen LogP contribution in [0.15, 0.2) is 12.3 Å². The number of likely N-dealkylation sites (tertiary alicyclic amines) is 1. The normalized spacial score (nSPS) is 12.7. The van der Waals surface area contributed by atoms with Gasteiger partial charge in [-0.3, -0.25) is 28.8 Å². The molecule has 6 amide bonds. The first-order valence-corrected chi connectivity index (χ1v) is 34.0. The summed E-state index contributed by atoms with van der Waals surface area (Å²) in [6.45, 7) is 48.5. The molecule has 0 radical (unpaired) electrons. The molecule has 0 bridgehead atoms. The zero-order valence-corrected chi connectivity index (χ0v) is 61.7. The van der Waals surface area contributed by atoms with E-state index in [-0.39, 0.29) is 23.6 Å². The number of allylic oxidation sites excluding steroid dienone is 1. The Hall–Kier alpha value is -4.15. The highest BCUT2D eigenvalue weighted by molar-refractivity contribution is 5.77. The molecule has 0 aromatic carbocycles. The molecule has 0 unspecified atom stereocenters. The van der Waals surface area contributed by atoms with Gasteiger partial charge in [0.1, 0.15) is 0 Å². The SMILES string of the molecule is C=C(CC(C)C)N(C)CC.CC(C)CC(=O)N(C)C.CC(C)CC(=O)N(C)C1CCCCC1.CC(C)CCC#N.CC(C)CCC(=O)N(C)C.CC(C)CCC(N)=O.CC(C)CCCC(=O)N1CCCCC1.CC(C)CCCN(C)C(=O)CC(C)C. The van der Waals surface area contributed by atoms with Crippen molar-refractivity contribution in [1.29, 1.82) is 5.26 Å². The second kappa shape index (κ2) is 59.8. The molecule has 0 atom stereocenters. The van der Waals surface area contributed by atoms with E-state index in [2.05, 4.69) is 142 Å². The number of primary amides is 1. The molecule has 14 heteroatoms. The van der Waals surface area contributed by atoms with Gasteiger partial charge in [-0.1, -0.05) is 157 Å². The van der Waals surface area contributed by atoms with E-state index >= 15 is 0 Å². The molecule has 1 aliphatic carbocycles. The first-order chi connectivity index (χ1) is 39.8. The van der Waals surface area contributed by atoms with Crippen LogP contribution >= 0.6 is 0 Å². The average molecular weight is 1220 g/mol. The molecule has 1 saturated heterocycles. The molecular formula is C72H146N8O6. The summed E-state index contributed by atoms with van der Waals surface area (Å²) in [7, 11) is 13.1. The van der Waals surface area contributed by atoms with Crippen LogP contribution in [0.3, 0.4) is 0 Å². The lowest BCUT2D eigenvalue weighted by molar-refractivity contribution is -0.133. The Balaban J connectivity index is -0.000000215. The van der Waals surface area contributed by atoms with Gasteiger partial charge in [0.2, 0.25) is 35.4 Å². The van der Waals surface area contributed by atoms with E-state index in [1.54, 1.807) is 38.0 Å². The number of carbonyl (C=O) groups is 6. The van der Waals surface area contributed by atoms with Crippen molar-refractivity contribution in [2.75, 3.05) is 75.5 Å². The molecule has 0 spiro atoms. The van der Waals surface area contributed by atoms with E-state index in [4.69, 9.17) is 11.0 Å². The Labute approximate surface area is 534 Å². The van der Waals surface area contributed by atoms with Crippen LogP contribution in [0.1, 0.15) is 279 Å². The molecular weight excluding hydrogens is 1070 g/mol. The van der Waals surface area contributed by atoms with Crippen molar-refractivity contribution in [1.82, 2.24) is 29.4 Å². The molecule has 2 N–H and O–H groups in total. The summed E-state index contributed by atoms with van der Waals surface area (Å²) in [6.07, 6.45) is 23.4. The van der Waals surface area contributed by atoms with E-state index in [1.165, 1.54) is 69.9 Å². The standard InChI is InChI=1S/2C12H23NO.C12H25NO.C9H19N.C8H17NO.C7H15NO.C6H13NO.C6H11N/c1-10(2)9-12(14)13(3)11-7-5-4-6-8-11;1-11(2)7-6-8-12(14)13-9-4-3-5-10-13;1-10(2)7-6-8-13(5)12(14)9-11(3)4;1-6-10(5)9(4)7-8(2)3;1-7(2)5-6-8(10)9(3)4;1-6(2)5-7(9)8(3)4;1-5(2)3-4-6(7)8;1-6(2)4-3-5-7/h10-11H,4-9H2,1-3H3;11H,3-10H2,1-2H3;10-11H,6-9H2,1-5H3;8H,4,6-7H2,1-3,5H3;7H,5-6H2,1-4H3;6H,5H2,1-4H3;5H,3-4H2,1-2H3,(H2,7,8);6H,3-4H2,1-2H3. The fourth-order valence-electron chi connectivity index (χ4n) is 8.30. The van der Waals surface area contributed by atoms with Crippen LogP contribution in [0.2, 0.25) is 0 Å². The Morgan fingerprint density at radius 1 is 0.477 bits per heavy atom. The molecule has 510 valence electrons. The summed E-state index contributed by atoms with van der Waals surface area (Å²) >= 11 is 0. The van der Waals surface area contributed by atoms with E-state index in [0.717, 1.165) is 88.9 Å². The first-order valence-electron chi connectivity index (χ1n) is 34.0. The lowest BCUT2D eigenvalue weighted by Crippen LogP contribution is -2.38. The lowest BCUT2D eigenvalue weighted by atomic mass is 9.94. The highest BCUT2D eigenvalue weighted by atomic mass is 16.2. The zero-order valence-electron chi connectivity index (χ0n) is 61.7. The number of amides is 6. The lowest BCUT2D eigenvalue weighted by Gasteiger charge is -2.31. The number of hydrogen-bond donors (Lipinski definition) is 1. The summed E-state index contributed by atoms with van der Waals surface area (Å²) in [6, 6.07) is 2.62. The second-order valence-electron chi connectivity index (χ2n) is 28.3. The maximum atomic E-state index is 11.8. The predicted molar refractivity (Wildman–Crippen MR) is 370 cm³/mol. The zero-order chi connectivity index (χ0) is 68.1. The van der Waals surface area contributed by atoms with Crippen molar-refractivity contribution in [3.05, 3.63) is 12.3 Å². The number of nitrogens with zero attached hydrogens (tertiary/aromatic N) is 7. The van der Waals surface area contributed by atoms with Crippen molar-refractivity contribution < 1.29 is 28.8 Å². The van der Waals surface area contributed by atoms with Crippen molar-refractivity contribution in [3.63, 3.8) is 0 Å². The number of nitriles is 1. The molecule has 86 heavy (non-hydrogen) atoms. The number of carbonyl (C=O) groups excluding carboxylic acids is 6. The van der Waals surface area contributed by atoms with Crippen LogP contribution in [-0.2, 0) is 28.8 Å². The monoisotopic (exact) mass is 1220 g/mol. The summed E-state index contributed by atoms with van der Waals surface area (Å²) < 4.78 is 0. The highest BCUT2D eigenvalue weighted by Gasteiger charge is 2.22. The number of rotatable bonds is 27. The van der Waals surface area contributed by atoms with E-state index in [9.17, 15) is 28.8 Å². The maximum absolute atomic E-state index is 11.8. The van der Waals surface area contributed by atoms with E-state index < -0.39 is 0 Å². The van der Waals surface area contributed by atoms with Crippen LogP contribution in [0.25, 0.3) is 0 Å². The minimum Gasteiger partial charge on any atom is -0.379 e. The number of hydrogen-bond acceptors (Lipinski definition) is 8. The third-order valence-electron chi connectivity index (χ3n) is 14.2. The topological polar surface area (TPSA) is 172 Å². The largest absolute Gasteiger partial charge is 0.379 e. The van der Waals surface area contributed by atoms with E-state index in [1.807, 2.05) is 42.6 Å². The quantitative estimate of drug-likeness (QED) is 0.0846. The molecule has 2 aliphatic rings. The van der Waals surface area contributed by atoms with Crippen LogP contribution in [-0.4, -0.2) is 146 Å². The fourth-order valence-corrected chi connectivity index (χ4v) is 8.30.